The molecule has 0 spiro atoms. The fourth-order valence-electron chi connectivity index (χ4n) is 8.50. The number of nitrogens with one attached hydrogen (secondary N) is 1. The smallest absolute Gasteiger partial charge is 0.325 e. The summed E-state index contributed by atoms with van der Waals surface area (Å²) in [4.78, 5) is 57.0. The maximum Gasteiger partial charge on any atom is 0.325 e. The standard InChI is InChI=1S/C55H101N3O6/c1-6-8-10-12-14-16-18-20-22-24-26-28-30-32-36-42-51(59)58(47-46-57-44-38-39-45-57)50(54(62)56-49-53(61)64-55(3,4)5)41-35-34-40-48-63-52(60)43-37-33-31-29-27-25-23-21-19-17-15-13-11-9-7-2/h20-23,50H,6-19,24-49H2,1-5H3,(H,56,62)/b22-20-,23-21-. The van der Waals surface area contributed by atoms with E-state index in [9.17, 15) is 19.2 Å². The number of rotatable bonds is 43. The molecule has 0 aromatic heterocycles. The second-order valence-electron chi connectivity index (χ2n) is 19.7. The number of nitrogens with zero attached hydrogens (tertiary/aromatic N) is 2. The lowest BCUT2D eigenvalue weighted by molar-refractivity contribution is -0.155. The molecule has 0 aliphatic carbocycles. The van der Waals surface area contributed by atoms with Crippen molar-refractivity contribution in [1.29, 1.82) is 0 Å². The van der Waals surface area contributed by atoms with E-state index in [1.54, 1.807) is 25.7 Å². The Balaban J connectivity index is 2.54. The summed E-state index contributed by atoms with van der Waals surface area (Å²) < 4.78 is 11.0. The molecule has 9 heteroatoms. The minimum atomic E-state index is -0.677. The molecule has 0 saturated carbocycles. The number of unbranched alkanes of at least 4 members (excludes halogenated alkanes) is 24. The van der Waals surface area contributed by atoms with E-state index in [1.807, 2.05) is 0 Å². The summed E-state index contributed by atoms with van der Waals surface area (Å²) >= 11 is 0. The highest BCUT2D eigenvalue weighted by molar-refractivity contribution is 5.89. The van der Waals surface area contributed by atoms with Gasteiger partial charge in [-0.15, -0.1) is 0 Å². The molecule has 64 heavy (non-hydrogen) atoms. The molecule has 1 aliphatic rings. The van der Waals surface area contributed by atoms with Crippen molar-refractivity contribution in [3.8, 4) is 0 Å². The van der Waals surface area contributed by atoms with Crippen LogP contribution in [0.5, 0.6) is 0 Å². The van der Waals surface area contributed by atoms with Crippen LogP contribution in [-0.4, -0.2) is 84.5 Å². The van der Waals surface area contributed by atoms with Crippen LogP contribution in [-0.2, 0) is 28.7 Å². The Hall–Kier alpha value is -2.68. The van der Waals surface area contributed by atoms with Gasteiger partial charge in [-0.3, -0.25) is 19.2 Å². The molecule has 1 rings (SSSR count). The second-order valence-corrected chi connectivity index (χ2v) is 19.7. The van der Waals surface area contributed by atoms with E-state index in [-0.39, 0.29) is 24.3 Å². The fourth-order valence-corrected chi connectivity index (χ4v) is 8.50. The van der Waals surface area contributed by atoms with E-state index in [0.29, 0.717) is 45.3 Å². The Morgan fingerprint density at radius 3 is 1.53 bits per heavy atom. The van der Waals surface area contributed by atoms with Crippen LogP contribution in [0.25, 0.3) is 0 Å². The summed E-state index contributed by atoms with van der Waals surface area (Å²) in [6.07, 6.45) is 46.8. The highest BCUT2D eigenvalue weighted by Gasteiger charge is 2.30. The van der Waals surface area contributed by atoms with E-state index < -0.39 is 17.6 Å². The fraction of sp³-hybridized carbons (Fsp3) is 0.855. The molecule has 372 valence electrons. The lowest BCUT2D eigenvalue weighted by Crippen LogP contribution is -2.52. The van der Waals surface area contributed by atoms with Crippen LogP contribution < -0.4 is 5.32 Å². The van der Waals surface area contributed by atoms with Crippen molar-refractivity contribution in [2.75, 3.05) is 39.3 Å². The van der Waals surface area contributed by atoms with Crippen LogP contribution in [0.2, 0.25) is 0 Å². The molecule has 0 bridgehead atoms. The lowest BCUT2D eigenvalue weighted by Gasteiger charge is -2.33. The van der Waals surface area contributed by atoms with Crippen LogP contribution in [0.3, 0.4) is 0 Å². The molecule has 1 unspecified atom stereocenters. The molecule has 1 heterocycles. The van der Waals surface area contributed by atoms with Gasteiger partial charge in [0.1, 0.15) is 18.2 Å². The van der Waals surface area contributed by atoms with Crippen molar-refractivity contribution in [2.45, 2.75) is 265 Å². The number of carbonyl (C=O) groups is 4. The monoisotopic (exact) mass is 900 g/mol. The molecular weight excluding hydrogens is 799 g/mol. The van der Waals surface area contributed by atoms with Gasteiger partial charge in [0.2, 0.25) is 11.8 Å². The number of amides is 2. The predicted octanol–water partition coefficient (Wildman–Crippen LogP) is 13.9. The first-order valence-corrected chi connectivity index (χ1v) is 27.0. The van der Waals surface area contributed by atoms with Crippen molar-refractivity contribution >= 4 is 23.8 Å². The minimum absolute atomic E-state index is 0.0128. The Morgan fingerprint density at radius 2 is 1.03 bits per heavy atom. The van der Waals surface area contributed by atoms with Gasteiger partial charge < -0.3 is 24.6 Å². The molecule has 1 N–H and O–H groups in total. The van der Waals surface area contributed by atoms with Crippen molar-refractivity contribution < 1.29 is 28.7 Å². The van der Waals surface area contributed by atoms with E-state index in [0.717, 1.165) is 96.7 Å². The summed E-state index contributed by atoms with van der Waals surface area (Å²) in [5.74, 6) is -0.923. The summed E-state index contributed by atoms with van der Waals surface area (Å²) in [7, 11) is 0. The molecule has 1 fully saturated rings. The largest absolute Gasteiger partial charge is 0.466 e. The quantitative estimate of drug-likeness (QED) is 0.0369. The Bertz CT molecular complexity index is 1210. The van der Waals surface area contributed by atoms with Gasteiger partial charge in [0.05, 0.1) is 6.61 Å². The number of likely N-dealkylation sites (tertiary alicyclic amines) is 1. The summed E-state index contributed by atoms with van der Waals surface area (Å²) in [6.45, 7) is 13.3. The Labute approximate surface area is 394 Å². The number of hydrogen-bond acceptors (Lipinski definition) is 7. The SMILES string of the molecule is CCCCCCCC/C=C\CCCCCCCC(=O)OCCCCCC(C(=O)NCC(=O)OC(C)(C)C)N(CCN1CCCC1)C(=O)CCCCCCC/C=C\CCCCCCCC. The van der Waals surface area contributed by atoms with Crippen molar-refractivity contribution in [3.63, 3.8) is 0 Å². The molecule has 0 aromatic rings. The van der Waals surface area contributed by atoms with Crippen molar-refractivity contribution in [2.24, 2.45) is 0 Å². The number of allylic oxidation sites excluding steroid dienone is 4. The van der Waals surface area contributed by atoms with Crippen molar-refractivity contribution in [3.05, 3.63) is 24.3 Å². The van der Waals surface area contributed by atoms with Crippen LogP contribution in [0.4, 0.5) is 0 Å². The van der Waals surface area contributed by atoms with Crippen molar-refractivity contribution in [1.82, 2.24) is 15.1 Å². The van der Waals surface area contributed by atoms with E-state index in [2.05, 4.69) is 48.4 Å². The van der Waals surface area contributed by atoms with Crippen LogP contribution >= 0.6 is 0 Å². The molecular formula is C55H101N3O6. The minimum Gasteiger partial charge on any atom is -0.466 e. The number of esters is 2. The highest BCUT2D eigenvalue weighted by atomic mass is 16.6. The first-order valence-electron chi connectivity index (χ1n) is 27.0. The molecule has 1 atom stereocenters. The van der Waals surface area contributed by atoms with Gasteiger partial charge >= 0.3 is 11.9 Å². The second kappa shape index (κ2) is 41.7. The van der Waals surface area contributed by atoms with E-state index in [1.165, 1.54) is 109 Å². The van der Waals surface area contributed by atoms with Gasteiger partial charge in [-0.05, 0) is 130 Å². The first-order chi connectivity index (χ1) is 31.1. The zero-order chi connectivity index (χ0) is 46.8. The highest BCUT2D eigenvalue weighted by Crippen LogP contribution is 2.18. The average molecular weight is 900 g/mol. The predicted molar refractivity (Wildman–Crippen MR) is 268 cm³/mol. The van der Waals surface area contributed by atoms with Crippen LogP contribution in [0.1, 0.15) is 253 Å². The van der Waals surface area contributed by atoms with Gasteiger partial charge in [-0.2, -0.15) is 0 Å². The molecule has 1 aliphatic heterocycles. The zero-order valence-electron chi connectivity index (χ0n) is 42.5. The van der Waals surface area contributed by atoms with E-state index in [4.69, 9.17) is 9.47 Å². The topological polar surface area (TPSA) is 105 Å². The zero-order valence-corrected chi connectivity index (χ0v) is 42.5. The van der Waals surface area contributed by atoms with Crippen LogP contribution in [0, 0.1) is 0 Å². The molecule has 0 radical (unpaired) electrons. The summed E-state index contributed by atoms with van der Waals surface area (Å²) in [5, 5.41) is 2.81. The summed E-state index contributed by atoms with van der Waals surface area (Å²) in [5.41, 5.74) is -0.656. The lowest BCUT2D eigenvalue weighted by atomic mass is 10.0. The third kappa shape index (κ3) is 36.5. The Morgan fingerprint density at radius 1 is 0.578 bits per heavy atom. The first kappa shape index (κ1) is 59.3. The molecule has 9 nitrogen and oxygen atoms in total. The van der Waals surface area contributed by atoms with Gasteiger partial charge in [-0.1, -0.05) is 147 Å². The maximum absolute atomic E-state index is 14.0. The number of hydrogen-bond donors (Lipinski definition) is 1. The molecule has 2 amide bonds. The van der Waals surface area contributed by atoms with Gasteiger partial charge in [0.25, 0.3) is 0 Å². The number of carbonyl (C=O) groups excluding carboxylic acids is 4. The third-order valence-electron chi connectivity index (χ3n) is 12.4. The van der Waals surface area contributed by atoms with Gasteiger partial charge in [0, 0.05) is 25.9 Å². The third-order valence-corrected chi connectivity index (χ3v) is 12.4. The van der Waals surface area contributed by atoms with Gasteiger partial charge in [-0.25, -0.2) is 0 Å². The van der Waals surface area contributed by atoms with Crippen LogP contribution in [0.15, 0.2) is 24.3 Å². The summed E-state index contributed by atoms with van der Waals surface area (Å²) in [6, 6.07) is -0.677. The van der Waals surface area contributed by atoms with Gasteiger partial charge in [0.15, 0.2) is 0 Å². The average Bonchev–Trinajstić information content (AvgIpc) is 3.79. The normalized spacial score (nSPS) is 13.8. The maximum atomic E-state index is 14.0. The Kier molecular flexibility index (Phi) is 38.7. The van der Waals surface area contributed by atoms with E-state index >= 15 is 0 Å². The molecule has 0 aromatic carbocycles. The molecule has 1 saturated heterocycles. The number of ether oxygens (including phenoxy) is 2.